The Kier molecular flexibility index (Phi) is 5.34. The zero-order chi connectivity index (χ0) is 13.8. The fourth-order valence-corrected chi connectivity index (χ4v) is 3.50. The first kappa shape index (κ1) is 15.6. The van der Waals surface area contributed by atoms with Gasteiger partial charge in [-0.25, -0.2) is 8.42 Å². The van der Waals surface area contributed by atoms with Crippen molar-refractivity contribution >= 4 is 15.6 Å². The van der Waals surface area contributed by atoms with Crippen molar-refractivity contribution in [3.63, 3.8) is 0 Å². The van der Waals surface area contributed by atoms with Crippen molar-refractivity contribution in [1.29, 1.82) is 0 Å². The third-order valence-electron chi connectivity index (χ3n) is 4.12. The maximum absolute atomic E-state index is 12.3. The van der Waals surface area contributed by atoms with Crippen LogP contribution in [0, 0.1) is 5.41 Å². The minimum absolute atomic E-state index is 0.0365. The maximum Gasteiger partial charge on any atom is 0.153 e. The SMILES string of the molecule is CC(C)S(=O)(=O)CCC(=O)C1(CN)CCCCC1. The molecule has 1 fully saturated rings. The van der Waals surface area contributed by atoms with Crippen LogP contribution in [-0.4, -0.2) is 31.7 Å². The number of carbonyl (C=O) groups is 1. The van der Waals surface area contributed by atoms with Crippen molar-refractivity contribution in [2.24, 2.45) is 11.1 Å². The molecule has 5 heteroatoms. The smallest absolute Gasteiger partial charge is 0.153 e. The van der Waals surface area contributed by atoms with Crippen LogP contribution in [0.3, 0.4) is 0 Å². The fourth-order valence-electron chi connectivity index (χ4n) is 2.56. The zero-order valence-corrected chi connectivity index (χ0v) is 12.3. The summed E-state index contributed by atoms with van der Waals surface area (Å²) in [7, 11) is -3.13. The normalized spacial score (nSPS) is 20.0. The highest BCUT2D eigenvalue weighted by molar-refractivity contribution is 7.91. The number of hydrogen-bond acceptors (Lipinski definition) is 4. The molecule has 0 amide bonds. The molecule has 106 valence electrons. The van der Waals surface area contributed by atoms with Gasteiger partial charge in [-0.1, -0.05) is 19.3 Å². The van der Waals surface area contributed by atoms with E-state index < -0.39 is 20.5 Å². The molecule has 1 rings (SSSR count). The maximum atomic E-state index is 12.3. The van der Waals surface area contributed by atoms with Gasteiger partial charge in [-0.05, 0) is 26.7 Å². The van der Waals surface area contributed by atoms with Crippen molar-refractivity contribution in [2.75, 3.05) is 12.3 Å². The number of ketones is 1. The number of sulfone groups is 1. The molecule has 1 aliphatic rings. The van der Waals surface area contributed by atoms with E-state index in [0.717, 1.165) is 32.1 Å². The van der Waals surface area contributed by atoms with Crippen molar-refractivity contribution in [1.82, 2.24) is 0 Å². The van der Waals surface area contributed by atoms with Gasteiger partial charge < -0.3 is 5.73 Å². The Morgan fingerprint density at radius 2 is 1.78 bits per heavy atom. The second-order valence-electron chi connectivity index (χ2n) is 5.63. The number of nitrogens with two attached hydrogens (primary N) is 1. The Hall–Kier alpha value is -0.420. The van der Waals surface area contributed by atoms with Crippen LogP contribution in [0.25, 0.3) is 0 Å². The third-order valence-corrected chi connectivity index (χ3v) is 6.33. The zero-order valence-electron chi connectivity index (χ0n) is 11.4. The second-order valence-corrected chi connectivity index (χ2v) is 8.31. The lowest BCUT2D eigenvalue weighted by Gasteiger charge is -2.34. The first-order valence-electron chi connectivity index (χ1n) is 6.79. The quantitative estimate of drug-likeness (QED) is 0.800. The molecule has 0 heterocycles. The van der Waals surface area contributed by atoms with E-state index in [1.165, 1.54) is 0 Å². The van der Waals surface area contributed by atoms with Crippen LogP contribution in [0.5, 0.6) is 0 Å². The predicted octanol–water partition coefficient (Wildman–Crippen LogP) is 1.68. The molecule has 0 atom stereocenters. The summed E-state index contributed by atoms with van der Waals surface area (Å²) in [6, 6.07) is 0. The van der Waals surface area contributed by atoms with Gasteiger partial charge in [0.15, 0.2) is 9.84 Å². The van der Waals surface area contributed by atoms with E-state index in [9.17, 15) is 13.2 Å². The molecule has 0 spiro atoms. The summed E-state index contributed by atoms with van der Waals surface area (Å²) in [5, 5.41) is -0.412. The molecule has 4 nitrogen and oxygen atoms in total. The summed E-state index contributed by atoms with van der Waals surface area (Å²) in [5.41, 5.74) is 5.33. The van der Waals surface area contributed by atoms with Gasteiger partial charge in [-0.15, -0.1) is 0 Å². The van der Waals surface area contributed by atoms with Gasteiger partial charge in [0.05, 0.1) is 11.0 Å². The van der Waals surface area contributed by atoms with Crippen molar-refractivity contribution in [2.45, 2.75) is 57.6 Å². The van der Waals surface area contributed by atoms with Crippen molar-refractivity contribution in [3.8, 4) is 0 Å². The Morgan fingerprint density at radius 1 is 1.22 bits per heavy atom. The molecule has 0 aromatic heterocycles. The molecule has 0 bridgehead atoms. The van der Waals surface area contributed by atoms with Crippen molar-refractivity contribution in [3.05, 3.63) is 0 Å². The van der Waals surface area contributed by atoms with E-state index in [1.807, 2.05) is 0 Å². The lowest BCUT2D eigenvalue weighted by Crippen LogP contribution is -2.41. The van der Waals surface area contributed by atoms with Gasteiger partial charge in [-0.3, -0.25) is 4.79 Å². The molecule has 0 saturated heterocycles. The molecule has 0 radical (unpaired) electrons. The van der Waals surface area contributed by atoms with Gasteiger partial charge in [0.2, 0.25) is 0 Å². The van der Waals surface area contributed by atoms with Gasteiger partial charge in [0.1, 0.15) is 5.78 Å². The summed E-state index contributed by atoms with van der Waals surface area (Å²) in [6.07, 6.45) is 4.98. The monoisotopic (exact) mass is 275 g/mol. The summed E-state index contributed by atoms with van der Waals surface area (Å²) in [4.78, 5) is 12.3. The molecule has 1 saturated carbocycles. The van der Waals surface area contributed by atoms with Crippen molar-refractivity contribution < 1.29 is 13.2 Å². The molecular weight excluding hydrogens is 250 g/mol. The van der Waals surface area contributed by atoms with Gasteiger partial charge >= 0.3 is 0 Å². The summed E-state index contributed by atoms with van der Waals surface area (Å²) < 4.78 is 23.5. The van der Waals surface area contributed by atoms with Gasteiger partial charge in [0.25, 0.3) is 0 Å². The van der Waals surface area contributed by atoms with E-state index in [0.29, 0.717) is 6.54 Å². The third kappa shape index (κ3) is 3.54. The first-order chi connectivity index (χ1) is 8.34. The van der Waals surface area contributed by atoms with Crippen LogP contribution in [0.4, 0.5) is 0 Å². The molecular formula is C13H25NO3S. The number of Topliss-reactive ketones (excluding diaryl/α,β-unsaturated/α-hetero) is 1. The molecule has 1 aliphatic carbocycles. The van der Waals surface area contributed by atoms with Crippen LogP contribution in [0.1, 0.15) is 52.4 Å². The van der Waals surface area contributed by atoms with E-state index in [4.69, 9.17) is 5.73 Å². The molecule has 2 N–H and O–H groups in total. The van der Waals surface area contributed by atoms with E-state index in [1.54, 1.807) is 13.8 Å². The highest BCUT2D eigenvalue weighted by Gasteiger charge is 2.38. The molecule has 18 heavy (non-hydrogen) atoms. The lowest BCUT2D eigenvalue weighted by molar-refractivity contribution is -0.129. The predicted molar refractivity (Wildman–Crippen MR) is 73.1 cm³/mol. The summed E-state index contributed by atoms with van der Waals surface area (Å²) >= 11 is 0. The second kappa shape index (κ2) is 6.15. The fraction of sp³-hybridized carbons (Fsp3) is 0.923. The topological polar surface area (TPSA) is 77.2 Å². The highest BCUT2D eigenvalue weighted by atomic mass is 32.2. The van der Waals surface area contributed by atoms with Crippen LogP contribution in [0.2, 0.25) is 0 Å². The standard InChI is InChI=1S/C13H25NO3S/c1-11(2)18(16,17)9-6-12(15)13(10-14)7-4-3-5-8-13/h11H,3-10,14H2,1-2H3. The average Bonchev–Trinajstić information content (AvgIpc) is 2.36. The number of hydrogen-bond donors (Lipinski definition) is 1. The minimum Gasteiger partial charge on any atom is -0.329 e. The van der Waals surface area contributed by atoms with Crippen LogP contribution >= 0.6 is 0 Å². The van der Waals surface area contributed by atoms with E-state index in [2.05, 4.69) is 0 Å². The van der Waals surface area contributed by atoms with Gasteiger partial charge in [0, 0.05) is 18.4 Å². The van der Waals surface area contributed by atoms with Crippen LogP contribution in [-0.2, 0) is 14.6 Å². The summed E-state index contributed by atoms with van der Waals surface area (Å²) in [6.45, 7) is 3.66. The lowest BCUT2D eigenvalue weighted by atomic mass is 9.70. The molecule has 0 aromatic carbocycles. The average molecular weight is 275 g/mol. The summed E-state index contributed by atoms with van der Waals surface area (Å²) in [5.74, 6) is 0.0135. The van der Waals surface area contributed by atoms with Crippen LogP contribution in [0.15, 0.2) is 0 Å². The van der Waals surface area contributed by atoms with Gasteiger partial charge in [-0.2, -0.15) is 0 Å². The Labute approximate surface area is 110 Å². The molecule has 0 aliphatic heterocycles. The Bertz CT molecular complexity index is 381. The molecule has 0 unspecified atom stereocenters. The Morgan fingerprint density at radius 3 is 2.22 bits per heavy atom. The highest BCUT2D eigenvalue weighted by Crippen LogP contribution is 2.37. The molecule has 0 aromatic rings. The van der Waals surface area contributed by atoms with E-state index in [-0.39, 0.29) is 18.0 Å². The van der Waals surface area contributed by atoms with E-state index >= 15 is 0 Å². The Balaban J connectivity index is 2.64. The first-order valence-corrected chi connectivity index (χ1v) is 8.50. The largest absolute Gasteiger partial charge is 0.329 e. The van der Waals surface area contributed by atoms with Crippen LogP contribution < -0.4 is 5.73 Å². The number of rotatable bonds is 6. The minimum atomic E-state index is -3.13. The number of carbonyl (C=O) groups excluding carboxylic acids is 1.